The molecule has 2 nitrogen and oxygen atoms in total. The van der Waals surface area contributed by atoms with E-state index in [1.807, 2.05) is 0 Å². The molecule has 0 N–H and O–H groups in total. The highest BCUT2D eigenvalue weighted by Gasteiger charge is 2.24. The molecular weight excluding hydrogens is 228 g/mol. The third kappa shape index (κ3) is 3.72. The van der Waals surface area contributed by atoms with Gasteiger partial charge in [-0.3, -0.25) is 0 Å². The Bertz CT molecular complexity index is 315. The van der Waals surface area contributed by atoms with Crippen LogP contribution in [0.1, 0.15) is 51.4 Å². The van der Waals surface area contributed by atoms with E-state index in [9.17, 15) is 0 Å². The quantitative estimate of drug-likeness (QED) is 0.757. The zero-order chi connectivity index (χ0) is 11.6. The van der Waals surface area contributed by atoms with Crippen molar-refractivity contribution in [3.05, 3.63) is 10.8 Å². The largest absolute Gasteiger partial charge is 0.224 e. The van der Waals surface area contributed by atoms with Crippen LogP contribution in [0.4, 0.5) is 0 Å². The lowest BCUT2D eigenvalue weighted by Crippen LogP contribution is -2.22. The van der Waals surface area contributed by atoms with Gasteiger partial charge in [-0.15, -0.1) is 11.6 Å². The first kappa shape index (κ1) is 12.9. The molecule has 0 saturated heterocycles. The minimum absolute atomic E-state index is 0.116. The van der Waals surface area contributed by atoms with E-state index in [0.29, 0.717) is 5.92 Å². The molecule has 0 aromatic carbocycles. The van der Waals surface area contributed by atoms with Crippen molar-refractivity contribution in [2.45, 2.75) is 52.3 Å². The summed E-state index contributed by atoms with van der Waals surface area (Å²) in [7, 11) is 0. The zero-order valence-corrected chi connectivity index (χ0v) is 11.6. The number of rotatable bonds is 3. The van der Waals surface area contributed by atoms with E-state index in [4.69, 9.17) is 11.6 Å². The van der Waals surface area contributed by atoms with Crippen LogP contribution in [-0.4, -0.2) is 14.7 Å². The Labute approximate surface area is 101 Å². The average Bonchev–Trinajstić information content (AvgIpc) is 2.50. The van der Waals surface area contributed by atoms with Gasteiger partial charge in [0.2, 0.25) is 0 Å². The predicted octanol–water partition coefficient (Wildman–Crippen LogP) is 3.86. The molecule has 15 heavy (non-hydrogen) atoms. The van der Waals surface area contributed by atoms with Crippen LogP contribution in [0.2, 0.25) is 0 Å². The summed E-state index contributed by atoms with van der Waals surface area (Å²) in [5.41, 5.74) is 0.116. The molecule has 0 aliphatic carbocycles. The van der Waals surface area contributed by atoms with E-state index in [1.165, 1.54) is 11.5 Å². The second-order valence-corrected chi connectivity index (χ2v) is 6.60. The van der Waals surface area contributed by atoms with Crippen LogP contribution in [0.3, 0.4) is 0 Å². The van der Waals surface area contributed by atoms with Gasteiger partial charge in [-0.1, -0.05) is 34.6 Å². The van der Waals surface area contributed by atoms with Crippen LogP contribution in [-0.2, 0) is 6.42 Å². The molecular formula is C11H19ClN2S. The Morgan fingerprint density at radius 1 is 1.33 bits per heavy atom. The number of hydrogen-bond acceptors (Lipinski definition) is 3. The van der Waals surface area contributed by atoms with Gasteiger partial charge in [0.25, 0.3) is 0 Å². The average molecular weight is 247 g/mol. The highest BCUT2D eigenvalue weighted by atomic mass is 35.5. The molecule has 0 aliphatic rings. The van der Waals surface area contributed by atoms with E-state index in [-0.39, 0.29) is 10.8 Å². The smallest absolute Gasteiger partial charge is 0.145 e. The lowest BCUT2D eigenvalue weighted by atomic mass is 9.90. The van der Waals surface area contributed by atoms with Gasteiger partial charge in [0.1, 0.15) is 10.8 Å². The molecule has 4 heteroatoms. The van der Waals surface area contributed by atoms with Gasteiger partial charge in [-0.05, 0) is 16.9 Å². The summed E-state index contributed by atoms with van der Waals surface area (Å²) in [6.45, 7) is 10.7. The van der Waals surface area contributed by atoms with Crippen molar-refractivity contribution in [1.29, 1.82) is 0 Å². The summed E-state index contributed by atoms with van der Waals surface area (Å²) in [6.07, 6.45) is 0.815. The van der Waals surface area contributed by atoms with Gasteiger partial charge in [0.15, 0.2) is 0 Å². The molecule has 1 rings (SSSR count). The summed E-state index contributed by atoms with van der Waals surface area (Å²) in [4.78, 5) is 4.49. The molecule has 1 atom stereocenters. The van der Waals surface area contributed by atoms with Gasteiger partial charge in [0.05, 0.1) is 0 Å². The van der Waals surface area contributed by atoms with Gasteiger partial charge in [-0.25, -0.2) is 4.98 Å². The summed E-state index contributed by atoms with van der Waals surface area (Å²) in [5, 5.41) is 1.17. The van der Waals surface area contributed by atoms with Crippen LogP contribution in [0.15, 0.2) is 0 Å². The van der Waals surface area contributed by atoms with Gasteiger partial charge in [0, 0.05) is 17.7 Å². The molecule has 0 fully saturated rings. The Hall–Kier alpha value is -0.150. The first-order chi connectivity index (χ1) is 6.80. The fraction of sp³-hybridized carbons (Fsp3) is 0.818. The van der Waals surface area contributed by atoms with E-state index < -0.39 is 0 Å². The number of hydrogen-bond donors (Lipinski definition) is 0. The number of alkyl halides is 1. The Morgan fingerprint density at radius 3 is 2.33 bits per heavy atom. The molecule has 0 aliphatic heterocycles. The minimum atomic E-state index is 0.116. The molecule has 1 unspecified atom stereocenters. The first-order valence-corrected chi connectivity index (χ1v) is 6.48. The van der Waals surface area contributed by atoms with E-state index in [1.54, 1.807) is 0 Å². The predicted molar refractivity (Wildman–Crippen MR) is 66.8 cm³/mol. The van der Waals surface area contributed by atoms with Gasteiger partial charge < -0.3 is 0 Å². The number of nitrogens with zero attached hydrogens (tertiary/aromatic N) is 2. The van der Waals surface area contributed by atoms with Crippen LogP contribution in [0, 0.1) is 5.41 Å². The number of aromatic nitrogens is 2. The third-order valence-corrected chi connectivity index (χ3v) is 3.85. The van der Waals surface area contributed by atoms with Crippen molar-refractivity contribution in [1.82, 2.24) is 9.36 Å². The highest BCUT2D eigenvalue weighted by molar-refractivity contribution is 7.05. The zero-order valence-electron chi connectivity index (χ0n) is 10.0. The van der Waals surface area contributed by atoms with E-state index in [2.05, 4.69) is 44.0 Å². The first-order valence-electron chi connectivity index (χ1n) is 5.27. The van der Waals surface area contributed by atoms with Crippen molar-refractivity contribution in [2.75, 3.05) is 0 Å². The maximum Gasteiger partial charge on any atom is 0.145 e. The lowest BCUT2D eigenvalue weighted by Gasteiger charge is -2.23. The summed E-state index contributed by atoms with van der Waals surface area (Å²) >= 11 is 7.80. The monoisotopic (exact) mass is 246 g/mol. The molecule has 0 radical (unpaired) electrons. The Morgan fingerprint density at radius 2 is 1.93 bits per heavy atom. The van der Waals surface area contributed by atoms with Crippen LogP contribution < -0.4 is 0 Å². The summed E-state index contributed by atoms with van der Waals surface area (Å²) in [6, 6.07) is 0. The van der Waals surface area contributed by atoms with E-state index >= 15 is 0 Å². The summed E-state index contributed by atoms with van der Waals surface area (Å²) in [5.74, 6) is 1.34. The molecule has 0 amide bonds. The van der Waals surface area contributed by atoms with Crippen molar-refractivity contribution in [3.8, 4) is 0 Å². The fourth-order valence-corrected chi connectivity index (χ4v) is 2.11. The maximum atomic E-state index is 6.32. The third-order valence-electron chi connectivity index (χ3n) is 2.29. The van der Waals surface area contributed by atoms with Crippen LogP contribution in [0.25, 0.3) is 0 Å². The second kappa shape index (κ2) is 4.79. The molecule has 1 heterocycles. The topological polar surface area (TPSA) is 25.8 Å². The second-order valence-electron chi connectivity index (χ2n) is 5.24. The van der Waals surface area contributed by atoms with Gasteiger partial charge in [-0.2, -0.15) is 4.37 Å². The highest BCUT2D eigenvalue weighted by Crippen LogP contribution is 2.28. The van der Waals surface area contributed by atoms with Crippen molar-refractivity contribution < 1.29 is 0 Å². The van der Waals surface area contributed by atoms with E-state index in [0.717, 1.165) is 17.3 Å². The lowest BCUT2D eigenvalue weighted by molar-refractivity contribution is 0.386. The molecule has 0 bridgehead atoms. The van der Waals surface area contributed by atoms with Crippen molar-refractivity contribution in [3.63, 3.8) is 0 Å². The van der Waals surface area contributed by atoms with Crippen LogP contribution in [0.5, 0.6) is 0 Å². The number of halogens is 1. The normalized spacial score (nSPS) is 14.6. The van der Waals surface area contributed by atoms with Gasteiger partial charge >= 0.3 is 0 Å². The molecule has 0 saturated carbocycles. The summed E-state index contributed by atoms with van der Waals surface area (Å²) < 4.78 is 4.32. The van der Waals surface area contributed by atoms with Crippen LogP contribution >= 0.6 is 23.1 Å². The standard InChI is InChI=1S/C11H19ClN2S/c1-7(2)10-13-9(15-14-10)6-8(12)11(3,4)5/h7-8H,6H2,1-5H3. The molecule has 86 valence electrons. The molecule has 0 spiro atoms. The minimum Gasteiger partial charge on any atom is -0.224 e. The molecule has 1 aromatic heterocycles. The van der Waals surface area contributed by atoms with Crippen molar-refractivity contribution >= 4 is 23.1 Å². The molecule has 1 aromatic rings. The SMILES string of the molecule is CC(C)c1nsc(CC(Cl)C(C)(C)C)n1. The Kier molecular flexibility index (Phi) is 4.13. The maximum absolute atomic E-state index is 6.32. The van der Waals surface area contributed by atoms with Crippen molar-refractivity contribution in [2.24, 2.45) is 5.41 Å². The fourth-order valence-electron chi connectivity index (χ4n) is 1.04. The Balaban J connectivity index is 2.65.